The average Bonchev–Trinajstić information content (AvgIpc) is 2.90. The molecule has 4 heteroatoms. The Kier molecular flexibility index (Phi) is 15.7. The van der Waals surface area contributed by atoms with E-state index in [1.165, 1.54) is 101 Å². The third-order valence-corrected chi connectivity index (χ3v) is 11.2. The van der Waals surface area contributed by atoms with Crippen LogP contribution in [0.15, 0.2) is 36.7 Å². The van der Waals surface area contributed by atoms with Crippen molar-refractivity contribution < 1.29 is 4.74 Å². The van der Waals surface area contributed by atoms with Crippen molar-refractivity contribution in [3.8, 4) is 17.1 Å². The number of aromatic nitrogens is 2. The Balaban J connectivity index is 1.53. The van der Waals surface area contributed by atoms with Crippen molar-refractivity contribution in [2.24, 2.45) is 0 Å². The van der Waals surface area contributed by atoms with E-state index in [0.717, 1.165) is 36.6 Å². The molecule has 36 heavy (non-hydrogen) atoms. The highest BCUT2D eigenvalue weighted by molar-refractivity contribution is 6.77. The highest BCUT2D eigenvalue weighted by Crippen LogP contribution is 2.21. The Morgan fingerprint density at radius 2 is 1.22 bits per heavy atom. The van der Waals surface area contributed by atoms with Crippen LogP contribution in [0.4, 0.5) is 0 Å². The zero-order valence-corrected chi connectivity index (χ0v) is 25.0. The van der Waals surface area contributed by atoms with Gasteiger partial charge in [-0.3, -0.25) is 0 Å². The molecule has 2 rings (SSSR count). The number of aryl methyl sites for hydroxylation is 1. The summed E-state index contributed by atoms with van der Waals surface area (Å²) in [4.78, 5) is 9.20. The van der Waals surface area contributed by atoms with E-state index in [1.54, 1.807) is 0 Å². The van der Waals surface area contributed by atoms with Crippen LogP contribution in [0.2, 0.25) is 25.2 Å². The van der Waals surface area contributed by atoms with Crippen molar-refractivity contribution >= 4 is 8.07 Å². The van der Waals surface area contributed by atoms with Gasteiger partial charge in [-0.25, -0.2) is 9.97 Å². The summed E-state index contributed by atoms with van der Waals surface area (Å²) >= 11 is 0. The topological polar surface area (TPSA) is 35.0 Å². The Morgan fingerprint density at radius 3 is 1.83 bits per heavy atom. The van der Waals surface area contributed by atoms with Crippen molar-refractivity contribution in [2.45, 2.75) is 135 Å². The number of rotatable bonds is 21. The molecule has 1 aromatic heterocycles. The molecule has 2 aromatic rings. The Labute approximate surface area is 223 Å². The molecule has 0 saturated carbocycles. The summed E-state index contributed by atoms with van der Waals surface area (Å²) in [7, 11) is -0.847. The van der Waals surface area contributed by atoms with Gasteiger partial charge in [0, 0.05) is 26.0 Å². The van der Waals surface area contributed by atoms with Crippen LogP contribution in [0.5, 0.6) is 5.75 Å². The predicted molar refractivity (Wildman–Crippen MR) is 160 cm³/mol. The first-order valence-electron chi connectivity index (χ1n) is 15.1. The van der Waals surface area contributed by atoms with E-state index in [-0.39, 0.29) is 0 Å². The summed E-state index contributed by atoms with van der Waals surface area (Å²) in [5, 5.41) is 0. The van der Waals surface area contributed by atoms with Gasteiger partial charge in [-0.15, -0.1) is 0 Å². The monoisotopic (exact) mass is 510 g/mol. The smallest absolute Gasteiger partial charge is 0.159 e. The molecule has 0 aliphatic heterocycles. The van der Waals surface area contributed by atoms with E-state index in [4.69, 9.17) is 4.74 Å². The largest absolute Gasteiger partial charge is 0.494 e. The van der Waals surface area contributed by atoms with Gasteiger partial charge < -0.3 is 4.74 Å². The number of unbranched alkanes of at least 4 members (excludes halogenated alkanes) is 12. The van der Waals surface area contributed by atoms with Crippen LogP contribution < -0.4 is 4.74 Å². The molecular weight excluding hydrogens is 456 g/mol. The molecule has 0 N–H and O–H groups in total. The van der Waals surface area contributed by atoms with E-state index >= 15 is 0 Å². The van der Waals surface area contributed by atoms with E-state index in [0.29, 0.717) is 0 Å². The van der Waals surface area contributed by atoms with Crippen LogP contribution in [0.1, 0.15) is 109 Å². The standard InChI is InChI=1S/C32H54N2OSi/c1-5-7-8-9-14-17-20-29-27-33-32(34-28-29)30-21-23-31(24-22-30)35-25-18-15-12-10-11-13-16-19-26-36(3,4)6-2/h21-24,27-28H,5-20,25-26H2,1-4H3. The van der Waals surface area contributed by atoms with Gasteiger partial charge in [-0.1, -0.05) is 116 Å². The highest BCUT2D eigenvalue weighted by Gasteiger charge is 2.16. The molecule has 0 fully saturated rings. The zero-order chi connectivity index (χ0) is 25.9. The molecule has 0 amide bonds. The summed E-state index contributed by atoms with van der Waals surface area (Å²) in [6, 6.07) is 11.2. The van der Waals surface area contributed by atoms with Gasteiger partial charge in [-0.05, 0) is 49.1 Å². The van der Waals surface area contributed by atoms with E-state index in [9.17, 15) is 0 Å². The lowest BCUT2D eigenvalue weighted by atomic mass is 10.1. The van der Waals surface area contributed by atoms with Crippen LogP contribution in [0.25, 0.3) is 11.4 Å². The Hall–Kier alpha value is -1.68. The van der Waals surface area contributed by atoms with Crippen molar-refractivity contribution in [1.82, 2.24) is 9.97 Å². The summed E-state index contributed by atoms with van der Waals surface area (Å²) < 4.78 is 5.96. The van der Waals surface area contributed by atoms with Gasteiger partial charge in [0.15, 0.2) is 5.82 Å². The lowest BCUT2D eigenvalue weighted by Gasteiger charge is -2.19. The minimum atomic E-state index is -0.847. The van der Waals surface area contributed by atoms with Gasteiger partial charge in [0.05, 0.1) is 6.61 Å². The molecule has 1 heterocycles. The van der Waals surface area contributed by atoms with Crippen LogP contribution in [0, 0.1) is 0 Å². The molecule has 0 atom stereocenters. The minimum Gasteiger partial charge on any atom is -0.494 e. The fourth-order valence-electron chi connectivity index (χ4n) is 4.58. The summed E-state index contributed by atoms with van der Waals surface area (Å²) in [5.74, 6) is 1.74. The fraction of sp³-hybridized carbons (Fsp3) is 0.688. The summed E-state index contributed by atoms with van der Waals surface area (Å²) in [5.41, 5.74) is 2.29. The molecule has 0 aliphatic rings. The lowest BCUT2D eigenvalue weighted by Crippen LogP contribution is -2.22. The maximum absolute atomic E-state index is 5.96. The van der Waals surface area contributed by atoms with Gasteiger partial charge in [0.25, 0.3) is 0 Å². The molecule has 0 aliphatic carbocycles. The average molecular weight is 511 g/mol. The van der Waals surface area contributed by atoms with Crippen molar-refractivity contribution in [2.75, 3.05) is 6.61 Å². The summed E-state index contributed by atoms with van der Waals surface area (Å²) in [6.45, 7) is 10.5. The molecule has 0 radical (unpaired) electrons. The Morgan fingerprint density at radius 1 is 0.667 bits per heavy atom. The molecule has 0 bridgehead atoms. The fourth-order valence-corrected chi connectivity index (χ4v) is 6.14. The second-order valence-electron chi connectivity index (χ2n) is 11.4. The van der Waals surface area contributed by atoms with Gasteiger partial charge in [-0.2, -0.15) is 0 Å². The lowest BCUT2D eigenvalue weighted by molar-refractivity contribution is 0.304. The molecule has 0 saturated heterocycles. The van der Waals surface area contributed by atoms with Crippen LogP contribution in [0.3, 0.4) is 0 Å². The molecule has 3 nitrogen and oxygen atoms in total. The molecule has 202 valence electrons. The first-order chi connectivity index (χ1) is 17.5. The first-order valence-corrected chi connectivity index (χ1v) is 18.5. The number of benzene rings is 1. The first kappa shape index (κ1) is 30.5. The normalized spacial score (nSPS) is 11.7. The second kappa shape index (κ2) is 18.5. The van der Waals surface area contributed by atoms with Crippen LogP contribution in [-0.2, 0) is 6.42 Å². The third kappa shape index (κ3) is 13.6. The number of hydrogen-bond acceptors (Lipinski definition) is 3. The zero-order valence-electron chi connectivity index (χ0n) is 24.0. The molecule has 0 unspecified atom stereocenters. The quantitative estimate of drug-likeness (QED) is 0.124. The second-order valence-corrected chi connectivity index (χ2v) is 16.9. The van der Waals surface area contributed by atoms with E-state index in [1.807, 2.05) is 24.5 Å². The number of hydrogen-bond donors (Lipinski definition) is 0. The van der Waals surface area contributed by atoms with Gasteiger partial charge >= 0.3 is 0 Å². The van der Waals surface area contributed by atoms with E-state index < -0.39 is 8.07 Å². The highest BCUT2D eigenvalue weighted by atomic mass is 28.3. The molecule has 0 spiro atoms. The van der Waals surface area contributed by atoms with Crippen molar-refractivity contribution in [3.05, 3.63) is 42.2 Å². The number of ether oxygens (including phenoxy) is 1. The maximum Gasteiger partial charge on any atom is 0.159 e. The maximum atomic E-state index is 5.96. The molecule has 1 aromatic carbocycles. The third-order valence-electron chi connectivity index (χ3n) is 7.61. The van der Waals surface area contributed by atoms with Crippen LogP contribution in [-0.4, -0.2) is 24.6 Å². The predicted octanol–water partition coefficient (Wildman–Crippen LogP) is 10.3. The SMILES string of the molecule is CCCCCCCCc1cnc(-c2ccc(OCCCCCCCCCC[Si](C)(C)CC)cc2)nc1. The number of nitrogens with zero attached hydrogens (tertiary/aromatic N) is 2. The van der Waals surface area contributed by atoms with E-state index in [2.05, 4.69) is 49.0 Å². The summed E-state index contributed by atoms with van der Waals surface area (Å²) in [6.07, 6.45) is 23.8. The minimum absolute atomic E-state index is 0.796. The van der Waals surface area contributed by atoms with Gasteiger partial charge in [0.1, 0.15) is 5.75 Å². The Bertz CT molecular complexity index is 789. The van der Waals surface area contributed by atoms with Crippen molar-refractivity contribution in [1.29, 1.82) is 0 Å². The van der Waals surface area contributed by atoms with Gasteiger partial charge in [0.2, 0.25) is 0 Å². The van der Waals surface area contributed by atoms with Crippen molar-refractivity contribution in [3.63, 3.8) is 0 Å². The molecular formula is C32H54N2OSi. The van der Waals surface area contributed by atoms with Crippen LogP contribution >= 0.6 is 0 Å².